The van der Waals surface area contributed by atoms with E-state index < -0.39 is 11.7 Å². The van der Waals surface area contributed by atoms with Crippen LogP contribution in [-0.2, 0) is 4.79 Å². The van der Waals surface area contributed by atoms with Crippen LogP contribution in [0.5, 0.6) is 0 Å². The highest BCUT2D eigenvalue weighted by molar-refractivity contribution is 5.94. The number of halogens is 1. The highest BCUT2D eigenvalue weighted by atomic mass is 19.1. The third-order valence-corrected chi connectivity index (χ3v) is 4.68. The van der Waals surface area contributed by atoms with E-state index >= 15 is 0 Å². The number of aromatic nitrogens is 4. The van der Waals surface area contributed by atoms with Gasteiger partial charge in [0, 0.05) is 23.7 Å². The Morgan fingerprint density at radius 2 is 2.26 bits per heavy atom. The van der Waals surface area contributed by atoms with E-state index in [1.54, 1.807) is 25.4 Å². The molecular formula is C19H17FN6O. The van der Waals surface area contributed by atoms with E-state index in [2.05, 4.69) is 20.6 Å². The molecule has 0 spiro atoms. The van der Waals surface area contributed by atoms with Gasteiger partial charge in [-0.05, 0) is 38.0 Å². The minimum Gasteiger partial charge on any atom is -0.311 e. The third kappa shape index (κ3) is 3.44. The Bertz CT molecular complexity index is 1040. The number of anilines is 1. The summed E-state index contributed by atoms with van der Waals surface area (Å²) in [5, 5.41) is 23.1. The lowest BCUT2D eigenvalue weighted by molar-refractivity contribution is -0.117. The van der Waals surface area contributed by atoms with Gasteiger partial charge in [0.1, 0.15) is 17.7 Å². The first-order valence-electron chi connectivity index (χ1n) is 8.66. The second-order valence-electron chi connectivity index (χ2n) is 6.69. The van der Waals surface area contributed by atoms with Gasteiger partial charge in [-0.1, -0.05) is 0 Å². The molecule has 136 valence electrons. The summed E-state index contributed by atoms with van der Waals surface area (Å²) in [5.41, 5.74) is 2.18. The molecule has 1 aromatic carbocycles. The maximum atomic E-state index is 13.5. The lowest BCUT2D eigenvalue weighted by Gasteiger charge is -2.08. The quantitative estimate of drug-likeness (QED) is 0.726. The van der Waals surface area contributed by atoms with Crippen molar-refractivity contribution in [3.63, 3.8) is 0 Å². The molecule has 1 fully saturated rings. The maximum Gasteiger partial charge on any atom is 0.232 e. The molecule has 8 heteroatoms. The van der Waals surface area contributed by atoms with Crippen molar-refractivity contribution in [2.24, 2.45) is 0 Å². The summed E-state index contributed by atoms with van der Waals surface area (Å²) in [6.45, 7) is 1.78. The van der Waals surface area contributed by atoms with Gasteiger partial charge in [0.15, 0.2) is 0 Å². The number of H-pyrrole nitrogens is 1. The van der Waals surface area contributed by atoms with Crippen LogP contribution in [0.3, 0.4) is 0 Å². The molecule has 1 aliphatic rings. The average Bonchev–Trinajstić information content (AvgIpc) is 3.22. The third-order valence-electron chi connectivity index (χ3n) is 4.68. The van der Waals surface area contributed by atoms with Gasteiger partial charge in [0.25, 0.3) is 0 Å². The molecule has 2 heterocycles. The van der Waals surface area contributed by atoms with Crippen molar-refractivity contribution in [2.75, 3.05) is 5.32 Å². The van der Waals surface area contributed by atoms with E-state index in [4.69, 9.17) is 5.26 Å². The number of amides is 1. The summed E-state index contributed by atoms with van der Waals surface area (Å²) < 4.78 is 15.0. The number of benzene rings is 1. The molecule has 1 amide bonds. The van der Waals surface area contributed by atoms with Crippen LogP contribution in [0.15, 0.2) is 36.7 Å². The summed E-state index contributed by atoms with van der Waals surface area (Å²) in [5.74, 6) is -0.110. The van der Waals surface area contributed by atoms with Crippen molar-refractivity contribution in [3.05, 3.63) is 59.3 Å². The smallest absolute Gasteiger partial charge is 0.232 e. The summed E-state index contributed by atoms with van der Waals surface area (Å²) in [4.78, 5) is 12.5. The number of carbonyl (C=O) groups is 1. The fourth-order valence-electron chi connectivity index (χ4n) is 2.82. The van der Waals surface area contributed by atoms with Crippen LogP contribution in [0.1, 0.15) is 48.4 Å². The first-order chi connectivity index (χ1) is 13.0. The molecule has 1 saturated carbocycles. The van der Waals surface area contributed by atoms with E-state index in [0.29, 0.717) is 23.0 Å². The summed E-state index contributed by atoms with van der Waals surface area (Å²) in [7, 11) is 0. The van der Waals surface area contributed by atoms with Crippen molar-refractivity contribution in [3.8, 4) is 11.8 Å². The van der Waals surface area contributed by atoms with Crippen LogP contribution in [-0.4, -0.2) is 25.9 Å². The second-order valence-corrected chi connectivity index (χ2v) is 6.69. The highest BCUT2D eigenvalue weighted by Gasteiger charge is 2.26. The molecular weight excluding hydrogens is 347 g/mol. The van der Waals surface area contributed by atoms with Gasteiger partial charge < -0.3 is 5.32 Å². The molecule has 2 aromatic heterocycles. The molecule has 0 radical (unpaired) electrons. The van der Waals surface area contributed by atoms with Crippen molar-refractivity contribution < 1.29 is 9.18 Å². The lowest BCUT2D eigenvalue weighted by Crippen LogP contribution is -2.18. The van der Waals surface area contributed by atoms with Crippen molar-refractivity contribution in [2.45, 2.75) is 31.6 Å². The minimum atomic E-state index is -0.577. The van der Waals surface area contributed by atoms with Gasteiger partial charge >= 0.3 is 0 Å². The molecule has 0 bridgehead atoms. The zero-order chi connectivity index (χ0) is 19.0. The monoisotopic (exact) mass is 364 g/mol. The minimum absolute atomic E-state index is 0.0546. The molecule has 27 heavy (non-hydrogen) atoms. The molecule has 3 aromatic rings. The van der Waals surface area contributed by atoms with Crippen molar-refractivity contribution in [1.82, 2.24) is 20.0 Å². The predicted octanol–water partition coefficient (Wildman–Crippen LogP) is 3.23. The van der Waals surface area contributed by atoms with Crippen molar-refractivity contribution in [1.29, 1.82) is 5.26 Å². The van der Waals surface area contributed by atoms with Crippen LogP contribution in [0.4, 0.5) is 10.2 Å². The largest absolute Gasteiger partial charge is 0.311 e. The zero-order valence-corrected chi connectivity index (χ0v) is 14.6. The number of aromatic amines is 1. The number of hydrogen-bond acceptors (Lipinski definition) is 4. The number of nitriles is 1. The fraction of sp³-hybridized carbons (Fsp3) is 0.263. The van der Waals surface area contributed by atoms with Gasteiger partial charge in [-0.2, -0.15) is 15.5 Å². The van der Waals surface area contributed by atoms with Crippen LogP contribution >= 0.6 is 0 Å². The van der Waals surface area contributed by atoms with Gasteiger partial charge in [0.2, 0.25) is 5.91 Å². The Hall–Kier alpha value is -3.47. The van der Waals surface area contributed by atoms with Crippen molar-refractivity contribution >= 4 is 11.7 Å². The maximum absolute atomic E-state index is 13.5. The zero-order valence-electron chi connectivity index (χ0n) is 14.6. The van der Waals surface area contributed by atoms with E-state index in [0.717, 1.165) is 18.5 Å². The van der Waals surface area contributed by atoms with Crippen LogP contribution < -0.4 is 5.32 Å². The molecule has 4 rings (SSSR count). The van der Waals surface area contributed by atoms with Gasteiger partial charge in [-0.15, -0.1) is 0 Å². The lowest BCUT2D eigenvalue weighted by atomic mass is 10.0. The van der Waals surface area contributed by atoms with Gasteiger partial charge in [0.05, 0.1) is 29.1 Å². The Labute approximate surface area is 154 Å². The number of nitrogens with one attached hydrogen (secondary N) is 2. The number of nitrogens with zero attached hydrogens (tertiary/aromatic N) is 4. The Balaban J connectivity index is 1.48. The van der Waals surface area contributed by atoms with E-state index in [9.17, 15) is 9.18 Å². The number of rotatable bonds is 5. The van der Waals surface area contributed by atoms with E-state index in [1.165, 1.54) is 22.9 Å². The Kier molecular flexibility index (Phi) is 4.20. The molecule has 0 aliphatic heterocycles. The Morgan fingerprint density at radius 1 is 1.44 bits per heavy atom. The molecule has 1 atom stereocenters. The highest BCUT2D eigenvalue weighted by Crippen LogP contribution is 2.39. The SMILES string of the molecule is C[C@@H](C(=O)Nc1cc(C2CC2)n[nH]1)c1cnn(-c2ccc(F)c(C#N)c2)c1. The van der Waals surface area contributed by atoms with Crippen LogP contribution in [0, 0.1) is 17.1 Å². The standard InChI is InChI=1S/C19H17FN6O/c1-11(19(27)23-18-7-17(24-25-18)12-2-3-12)14-9-22-26(10-14)15-4-5-16(20)13(6-15)8-21/h4-7,9-12H,2-3H2,1H3,(H2,23,24,25,27)/t11-/m1/s1. The van der Waals surface area contributed by atoms with Gasteiger partial charge in [-0.25, -0.2) is 9.07 Å². The topological polar surface area (TPSA) is 99.4 Å². The summed E-state index contributed by atoms with van der Waals surface area (Å²) >= 11 is 0. The Morgan fingerprint density at radius 3 is 3.00 bits per heavy atom. The first-order valence-corrected chi connectivity index (χ1v) is 8.66. The molecule has 0 unspecified atom stereocenters. The van der Waals surface area contributed by atoms with E-state index in [1.807, 2.05) is 6.07 Å². The summed E-state index contributed by atoms with van der Waals surface area (Å²) in [6.07, 6.45) is 5.57. The van der Waals surface area contributed by atoms with Crippen LogP contribution in [0.25, 0.3) is 5.69 Å². The molecule has 7 nitrogen and oxygen atoms in total. The molecule has 2 N–H and O–H groups in total. The van der Waals surface area contributed by atoms with E-state index in [-0.39, 0.29) is 11.5 Å². The average molecular weight is 364 g/mol. The normalized spacial score (nSPS) is 14.6. The molecule has 1 aliphatic carbocycles. The number of hydrogen-bond donors (Lipinski definition) is 2. The predicted molar refractivity (Wildman–Crippen MR) is 95.8 cm³/mol. The van der Waals surface area contributed by atoms with Crippen LogP contribution in [0.2, 0.25) is 0 Å². The first kappa shape index (κ1) is 17.0. The molecule has 0 saturated heterocycles. The fourth-order valence-corrected chi connectivity index (χ4v) is 2.82. The summed E-state index contributed by atoms with van der Waals surface area (Å²) in [6, 6.07) is 7.84. The second kappa shape index (κ2) is 6.68. The van der Waals surface area contributed by atoms with Gasteiger partial charge in [-0.3, -0.25) is 9.89 Å². The number of carbonyl (C=O) groups excluding carboxylic acids is 1.